The highest BCUT2D eigenvalue weighted by Crippen LogP contribution is 2.32. The molecule has 3 heterocycles. The first kappa shape index (κ1) is 14.7. The number of aryl methyl sites for hydroxylation is 1. The fourth-order valence-corrected chi connectivity index (χ4v) is 3.24. The monoisotopic (exact) mass is 327 g/mol. The molecule has 1 fully saturated rings. The van der Waals surface area contributed by atoms with Crippen LogP contribution in [-0.2, 0) is 11.3 Å². The minimum Gasteiger partial charge on any atom is -0.447 e. The largest absolute Gasteiger partial charge is 0.447 e. The standard InChI is InChI=1S/C17H17N3O4/c1-11-2-3-12-9-19(16(21)15-4-6-18-24-15)7-5-13-10-23-17(22)20(13)14(12)8-11/h2-4,6,8,13H,5,7,9-10H2,1H3. The van der Waals surface area contributed by atoms with Gasteiger partial charge in [0.15, 0.2) is 0 Å². The Balaban J connectivity index is 1.73. The van der Waals surface area contributed by atoms with Crippen LogP contribution in [-0.4, -0.2) is 41.3 Å². The molecule has 2 aromatic rings. The molecule has 2 aliphatic rings. The summed E-state index contributed by atoms with van der Waals surface area (Å²) < 4.78 is 10.2. The van der Waals surface area contributed by atoms with Crippen molar-refractivity contribution in [2.24, 2.45) is 0 Å². The topological polar surface area (TPSA) is 75.9 Å². The van der Waals surface area contributed by atoms with Gasteiger partial charge < -0.3 is 14.2 Å². The van der Waals surface area contributed by atoms with Crippen LogP contribution in [0, 0.1) is 6.92 Å². The number of ether oxygens (including phenoxy) is 1. The SMILES string of the molecule is Cc1ccc2c(c1)N1C(=O)OCC1CCN(C(=O)c1ccno1)C2. The van der Waals surface area contributed by atoms with Gasteiger partial charge in [-0.15, -0.1) is 0 Å². The van der Waals surface area contributed by atoms with E-state index >= 15 is 0 Å². The first-order valence-corrected chi connectivity index (χ1v) is 7.89. The number of anilines is 1. The quantitative estimate of drug-likeness (QED) is 0.803. The fraction of sp³-hybridized carbons (Fsp3) is 0.353. The summed E-state index contributed by atoms with van der Waals surface area (Å²) in [5, 5.41) is 3.60. The molecule has 0 saturated carbocycles. The lowest BCUT2D eigenvalue weighted by Gasteiger charge is -2.32. The maximum absolute atomic E-state index is 12.6. The molecule has 0 radical (unpaired) electrons. The van der Waals surface area contributed by atoms with Gasteiger partial charge in [0.1, 0.15) is 6.61 Å². The van der Waals surface area contributed by atoms with Crippen LogP contribution >= 0.6 is 0 Å². The zero-order valence-corrected chi connectivity index (χ0v) is 13.3. The smallest absolute Gasteiger partial charge is 0.414 e. The number of hydrogen-bond acceptors (Lipinski definition) is 5. The summed E-state index contributed by atoms with van der Waals surface area (Å²) in [7, 11) is 0. The summed E-state index contributed by atoms with van der Waals surface area (Å²) in [4.78, 5) is 28.2. The molecule has 0 spiro atoms. The minimum atomic E-state index is -0.318. The number of nitrogens with zero attached hydrogens (tertiary/aromatic N) is 3. The number of rotatable bonds is 1. The van der Waals surface area contributed by atoms with Gasteiger partial charge in [0.25, 0.3) is 5.91 Å². The van der Waals surface area contributed by atoms with E-state index < -0.39 is 0 Å². The van der Waals surface area contributed by atoms with E-state index in [4.69, 9.17) is 9.26 Å². The van der Waals surface area contributed by atoms with E-state index in [1.807, 2.05) is 25.1 Å². The molecule has 4 rings (SSSR count). The van der Waals surface area contributed by atoms with Crippen molar-refractivity contribution in [3.8, 4) is 0 Å². The van der Waals surface area contributed by atoms with Crippen molar-refractivity contribution in [2.45, 2.75) is 25.9 Å². The number of cyclic esters (lactones) is 1. The van der Waals surface area contributed by atoms with Gasteiger partial charge in [0, 0.05) is 19.2 Å². The predicted octanol–water partition coefficient (Wildman–Crippen LogP) is 2.35. The third kappa shape index (κ3) is 2.42. The van der Waals surface area contributed by atoms with Crippen LogP contribution in [0.3, 0.4) is 0 Å². The number of carbonyl (C=O) groups is 2. The van der Waals surface area contributed by atoms with Gasteiger partial charge in [0.05, 0.1) is 17.9 Å². The Morgan fingerprint density at radius 2 is 2.21 bits per heavy atom. The van der Waals surface area contributed by atoms with Gasteiger partial charge in [-0.05, 0) is 30.5 Å². The zero-order chi connectivity index (χ0) is 16.7. The van der Waals surface area contributed by atoms with E-state index in [0.717, 1.165) is 16.8 Å². The lowest BCUT2D eigenvalue weighted by atomic mass is 10.0. The predicted molar refractivity (Wildman–Crippen MR) is 84.7 cm³/mol. The Morgan fingerprint density at radius 3 is 3.00 bits per heavy atom. The van der Waals surface area contributed by atoms with Crippen LogP contribution < -0.4 is 4.90 Å². The third-order valence-electron chi connectivity index (χ3n) is 4.49. The van der Waals surface area contributed by atoms with Crippen molar-refractivity contribution in [1.82, 2.24) is 10.1 Å². The molecule has 1 aromatic carbocycles. The van der Waals surface area contributed by atoms with E-state index in [2.05, 4.69) is 5.16 Å². The van der Waals surface area contributed by atoms with Gasteiger partial charge in [-0.1, -0.05) is 17.3 Å². The highest BCUT2D eigenvalue weighted by atomic mass is 16.6. The Bertz CT molecular complexity index is 787. The number of aromatic nitrogens is 1. The van der Waals surface area contributed by atoms with E-state index in [1.165, 1.54) is 6.20 Å². The molecular formula is C17H17N3O4. The Kier molecular flexibility index (Phi) is 3.48. The van der Waals surface area contributed by atoms with Gasteiger partial charge in [-0.3, -0.25) is 9.69 Å². The van der Waals surface area contributed by atoms with Crippen molar-refractivity contribution in [3.63, 3.8) is 0 Å². The number of hydrogen-bond donors (Lipinski definition) is 0. The summed E-state index contributed by atoms with van der Waals surface area (Å²) >= 11 is 0. The molecule has 1 saturated heterocycles. The molecule has 1 atom stereocenters. The number of carbonyl (C=O) groups excluding carboxylic acids is 2. The second-order valence-electron chi connectivity index (χ2n) is 6.12. The molecule has 7 heteroatoms. The lowest BCUT2D eigenvalue weighted by molar-refractivity contribution is 0.0692. The van der Waals surface area contributed by atoms with Crippen LogP contribution in [0.4, 0.5) is 10.5 Å². The molecule has 1 aromatic heterocycles. The van der Waals surface area contributed by atoms with Gasteiger partial charge in [-0.25, -0.2) is 4.79 Å². The zero-order valence-electron chi connectivity index (χ0n) is 13.3. The highest BCUT2D eigenvalue weighted by Gasteiger charge is 2.38. The molecular weight excluding hydrogens is 310 g/mol. The molecule has 0 N–H and O–H groups in total. The van der Waals surface area contributed by atoms with Crippen molar-refractivity contribution in [1.29, 1.82) is 0 Å². The number of benzene rings is 1. The van der Waals surface area contributed by atoms with Gasteiger partial charge in [-0.2, -0.15) is 0 Å². The van der Waals surface area contributed by atoms with Gasteiger partial charge >= 0.3 is 6.09 Å². The van der Waals surface area contributed by atoms with Crippen molar-refractivity contribution in [3.05, 3.63) is 47.3 Å². The molecule has 2 amide bonds. The number of fused-ring (bicyclic) bond motifs is 3. The normalized spacial score (nSPS) is 20.0. The van der Waals surface area contributed by atoms with Crippen LogP contribution in [0.5, 0.6) is 0 Å². The Labute approximate surface area is 138 Å². The summed E-state index contributed by atoms with van der Waals surface area (Å²) in [5.41, 5.74) is 2.79. The summed E-state index contributed by atoms with van der Waals surface area (Å²) in [6.45, 7) is 3.25. The molecule has 0 bridgehead atoms. The average Bonchev–Trinajstić information content (AvgIpc) is 3.20. The average molecular weight is 327 g/mol. The lowest BCUT2D eigenvalue weighted by Crippen LogP contribution is -2.42. The second kappa shape index (κ2) is 5.67. The molecule has 2 aliphatic heterocycles. The number of amides is 2. The Hall–Kier alpha value is -2.83. The molecule has 7 nitrogen and oxygen atoms in total. The Morgan fingerprint density at radius 1 is 1.33 bits per heavy atom. The highest BCUT2D eigenvalue weighted by molar-refractivity contribution is 5.93. The van der Waals surface area contributed by atoms with E-state index in [1.54, 1.807) is 15.9 Å². The molecule has 24 heavy (non-hydrogen) atoms. The van der Waals surface area contributed by atoms with Crippen LogP contribution in [0.1, 0.15) is 28.1 Å². The first-order valence-electron chi connectivity index (χ1n) is 7.89. The van der Waals surface area contributed by atoms with Crippen LogP contribution in [0.25, 0.3) is 0 Å². The maximum Gasteiger partial charge on any atom is 0.414 e. The summed E-state index contributed by atoms with van der Waals surface area (Å²) in [6.07, 6.45) is 1.79. The molecule has 1 unspecified atom stereocenters. The fourth-order valence-electron chi connectivity index (χ4n) is 3.24. The second-order valence-corrected chi connectivity index (χ2v) is 6.12. The molecule has 124 valence electrons. The van der Waals surface area contributed by atoms with Gasteiger partial charge in [0.2, 0.25) is 5.76 Å². The van der Waals surface area contributed by atoms with Crippen molar-refractivity contribution in [2.75, 3.05) is 18.1 Å². The molecule has 0 aliphatic carbocycles. The summed E-state index contributed by atoms with van der Waals surface area (Å²) in [6, 6.07) is 7.40. The summed E-state index contributed by atoms with van der Waals surface area (Å²) in [5.74, 6) is 0.0255. The van der Waals surface area contributed by atoms with E-state index in [9.17, 15) is 9.59 Å². The van der Waals surface area contributed by atoms with Crippen LogP contribution in [0.15, 0.2) is 35.0 Å². The third-order valence-corrected chi connectivity index (χ3v) is 4.49. The van der Waals surface area contributed by atoms with E-state index in [-0.39, 0.29) is 23.8 Å². The minimum absolute atomic E-state index is 0.0663. The van der Waals surface area contributed by atoms with E-state index in [0.29, 0.717) is 26.1 Å². The maximum atomic E-state index is 12.6. The first-order chi connectivity index (χ1) is 11.6. The van der Waals surface area contributed by atoms with Crippen molar-refractivity contribution >= 4 is 17.7 Å². The van der Waals surface area contributed by atoms with Crippen LogP contribution in [0.2, 0.25) is 0 Å². The van der Waals surface area contributed by atoms with Crippen molar-refractivity contribution < 1.29 is 18.8 Å².